The maximum absolute atomic E-state index is 12.4. The molecular weight excluding hydrogens is 383 g/mol. The molecule has 0 aliphatic rings. The van der Waals surface area contributed by atoms with Gasteiger partial charge in [-0.05, 0) is 36.3 Å². The minimum atomic E-state index is -0.965. The summed E-state index contributed by atoms with van der Waals surface area (Å²) in [6.45, 7) is 0.436. The van der Waals surface area contributed by atoms with E-state index in [1.165, 1.54) is 19.3 Å². The zero-order valence-electron chi connectivity index (χ0n) is 13.8. The summed E-state index contributed by atoms with van der Waals surface area (Å²) in [4.78, 5) is 38.2. The molecule has 2 rings (SSSR count). The predicted molar refractivity (Wildman–Crippen MR) is 99.3 cm³/mol. The van der Waals surface area contributed by atoms with Crippen LogP contribution in [0.1, 0.15) is 22.3 Å². The molecule has 0 aliphatic carbocycles. The van der Waals surface area contributed by atoms with Crippen LogP contribution in [0.25, 0.3) is 6.08 Å². The Hall–Kier alpha value is -2.35. The summed E-state index contributed by atoms with van der Waals surface area (Å²) in [7, 11) is 1.50. The summed E-state index contributed by atoms with van der Waals surface area (Å²) in [6.07, 6.45) is 2.89. The van der Waals surface area contributed by atoms with Crippen molar-refractivity contribution in [3.05, 3.63) is 66.3 Å². The highest BCUT2D eigenvalue weighted by Crippen LogP contribution is 2.22. The number of nitrogens with zero attached hydrogens (tertiary/aromatic N) is 1. The van der Waals surface area contributed by atoms with Crippen LogP contribution in [0.4, 0.5) is 0 Å². The standard InChI is InChI=1S/C17H16Cl2N2O5/c1-26-8-2-7-21-16(24)14(15(23)20-17(21)25)13(22)6-4-10-3-5-11(18)9-12(10)19/h3-6,9,24H,2,7-8H2,1H3,(H,20,23,25). The molecule has 26 heavy (non-hydrogen) atoms. The van der Waals surface area contributed by atoms with Gasteiger partial charge in [0.2, 0.25) is 5.88 Å². The summed E-state index contributed by atoms with van der Waals surface area (Å²) in [5, 5.41) is 11.0. The Morgan fingerprint density at radius 3 is 2.73 bits per heavy atom. The highest BCUT2D eigenvalue weighted by Gasteiger charge is 2.19. The van der Waals surface area contributed by atoms with Crippen LogP contribution in [0, 0.1) is 0 Å². The number of allylic oxidation sites excluding steroid dienone is 1. The van der Waals surface area contributed by atoms with Crippen molar-refractivity contribution < 1.29 is 14.6 Å². The molecule has 7 nitrogen and oxygen atoms in total. The van der Waals surface area contributed by atoms with Crippen LogP contribution in [0.2, 0.25) is 10.0 Å². The fraction of sp³-hybridized carbons (Fsp3) is 0.235. The van der Waals surface area contributed by atoms with Crippen molar-refractivity contribution in [3.63, 3.8) is 0 Å². The minimum absolute atomic E-state index is 0.0856. The van der Waals surface area contributed by atoms with Crippen molar-refractivity contribution in [3.8, 4) is 5.88 Å². The molecule has 0 amide bonds. The smallest absolute Gasteiger partial charge is 0.331 e. The van der Waals surface area contributed by atoms with Crippen LogP contribution >= 0.6 is 23.2 Å². The largest absolute Gasteiger partial charge is 0.494 e. The zero-order chi connectivity index (χ0) is 19.3. The Bertz CT molecular complexity index is 963. The first-order valence-electron chi connectivity index (χ1n) is 7.57. The number of aromatic hydroxyl groups is 1. The fourth-order valence-electron chi connectivity index (χ4n) is 2.24. The number of rotatable bonds is 7. The van der Waals surface area contributed by atoms with E-state index < -0.39 is 28.5 Å². The van der Waals surface area contributed by atoms with Gasteiger partial charge in [0.15, 0.2) is 5.78 Å². The van der Waals surface area contributed by atoms with Gasteiger partial charge in [0.1, 0.15) is 5.56 Å². The molecule has 0 saturated heterocycles. The molecule has 0 unspecified atom stereocenters. The minimum Gasteiger partial charge on any atom is -0.494 e. The number of ether oxygens (including phenoxy) is 1. The maximum Gasteiger partial charge on any atom is 0.331 e. The number of aromatic amines is 1. The number of hydrogen-bond acceptors (Lipinski definition) is 5. The predicted octanol–water partition coefficient (Wildman–Crippen LogP) is 2.48. The number of ketones is 1. The van der Waals surface area contributed by atoms with Crippen LogP contribution < -0.4 is 11.2 Å². The summed E-state index contributed by atoms with van der Waals surface area (Å²) in [5.74, 6) is -1.46. The van der Waals surface area contributed by atoms with Crippen LogP contribution in [-0.4, -0.2) is 34.2 Å². The molecule has 9 heteroatoms. The lowest BCUT2D eigenvalue weighted by Gasteiger charge is -2.09. The molecule has 0 saturated carbocycles. The maximum atomic E-state index is 12.4. The van der Waals surface area contributed by atoms with Gasteiger partial charge in [-0.3, -0.25) is 19.1 Å². The Balaban J connectivity index is 2.36. The number of hydrogen-bond donors (Lipinski definition) is 2. The van der Waals surface area contributed by atoms with E-state index in [9.17, 15) is 19.5 Å². The summed E-state index contributed by atoms with van der Waals surface area (Å²) >= 11 is 11.8. The number of carbonyl (C=O) groups excluding carboxylic acids is 1. The van der Waals surface area contributed by atoms with E-state index in [0.717, 1.165) is 10.6 Å². The molecule has 2 N–H and O–H groups in total. The van der Waals surface area contributed by atoms with Crippen LogP contribution in [0.15, 0.2) is 33.9 Å². The molecular formula is C17H16Cl2N2O5. The average molecular weight is 399 g/mol. The quantitative estimate of drug-likeness (QED) is 0.423. The van der Waals surface area contributed by atoms with Crippen molar-refractivity contribution in [1.29, 1.82) is 0 Å². The van der Waals surface area contributed by atoms with Gasteiger partial charge in [-0.2, -0.15) is 0 Å². The van der Waals surface area contributed by atoms with Crippen LogP contribution in [-0.2, 0) is 11.3 Å². The van der Waals surface area contributed by atoms with Crippen molar-refractivity contribution in [2.45, 2.75) is 13.0 Å². The van der Waals surface area contributed by atoms with E-state index in [-0.39, 0.29) is 6.54 Å². The molecule has 1 heterocycles. The lowest BCUT2D eigenvalue weighted by Crippen LogP contribution is -2.33. The summed E-state index contributed by atoms with van der Waals surface area (Å²) in [5.41, 5.74) is -1.78. The van der Waals surface area contributed by atoms with Crippen LogP contribution in [0.5, 0.6) is 5.88 Å². The Morgan fingerprint density at radius 1 is 1.35 bits per heavy atom. The number of H-pyrrole nitrogens is 1. The SMILES string of the molecule is COCCCn1c(O)c(C(=O)C=Cc2ccc(Cl)cc2Cl)c(=O)[nH]c1=O. The highest BCUT2D eigenvalue weighted by atomic mass is 35.5. The first-order chi connectivity index (χ1) is 12.3. The molecule has 0 atom stereocenters. The second-order valence-corrected chi connectivity index (χ2v) is 6.16. The van der Waals surface area contributed by atoms with Gasteiger partial charge < -0.3 is 9.84 Å². The first-order valence-corrected chi connectivity index (χ1v) is 8.33. The third-order valence-corrected chi connectivity index (χ3v) is 4.09. The zero-order valence-corrected chi connectivity index (χ0v) is 15.3. The molecule has 0 spiro atoms. The Labute approximate surface area is 158 Å². The van der Waals surface area contributed by atoms with E-state index in [1.807, 2.05) is 4.98 Å². The first kappa shape index (κ1) is 20.0. The third kappa shape index (κ3) is 4.63. The molecule has 1 aromatic carbocycles. The van der Waals surface area contributed by atoms with E-state index in [2.05, 4.69) is 0 Å². The van der Waals surface area contributed by atoms with Gasteiger partial charge in [-0.15, -0.1) is 0 Å². The van der Waals surface area contributed by atoms with Gasteiger partial charge in [0, 0.05) is 30.3 Å². The number of nitrogens with one attached hydrogen (secondary N) is 1. The summed E-state index contributed by atoms with van der Waals surface area (Å²) < 4.78 is 5.80. The lowest BCUT2D eigenvalue weighted by atomic mass is 10.1. The number of carbonyl (C=O) groups is 1. The van der Waals surface area contributed by atoms with E-state index in [0.29, 0.717) is 28.6 Å². The number of benzene rings is 1. The van der Waals surface area contributed by atoms with E-state index in [1.54, 1.807) is 12.1 Å². The average Bonchev–Trinajstić information content (AvgIpc) is 2.57. The molecule has 0 bridgehead atoms. The molecule has 0 radical (unpaired) electrons. The van der Waals surface area contributed by atoms with Gasteiger partial charge in [-0.1, -0.05) is 29.3 Å². The molecule has 0 fully saturated rings. The molecule has 138 valence electrons. The fourth-order valence-corrected chi connectivity index (χ4v) is 2.71. The van der Waals surface area contributed by atoms with Crippen molar-refractivity contribution in [2.24, 2.45) is 0 Å². The lowest BCUT2D eigenvalue weighted by molar-refractivity contribution is 0.104. The number of methoxy groups -OCH3 is 1. The second-order valence-electron chi connectivity index (χ2n) is 5.32. The summed E-state index contributed by atoms with van der Waals surface area (Å²) in [6, 6.07) is 4.70. The Kier molecular flexibility index (Phi) is 6.79. The van der Waals surface area contributed by atoms with Crippen molar-refractivity contribution in [2.75, 3.05) is 13.7 Å². The monoisotopic (exact) mass is 398 g/mol. The van der Waals surface area contributed by atoms with Crippen molar-refractivity contribution in [1.82, 2.24) is 9.55 Å². The third-order valence-electron chi connectivity index (χ3n) is 3.53. The highest BCUT2D eigenvalue weighted by molar-refractivity contribution is 6.35. The van der Waals surface area contributed by atoms with Gasteiger partial charge in [-0.25, -0.2) is 4.79 Å². The van der Waals surface area contributed by atoms with E-state index >= 15 is 0 Å². The van der Waals surface area contributed by atoms with Crippen LogP contribution in [0.3, 0.4) is 0 Å². The second kappa shape index (κ2) is 8.84. The topological polar surface area (TPSA) is 101 Å². The number of aromatic nitrogens is 2. The van der Waals surface area contributed by atoms with Gasteiger partial charge in [0.05, 0.1) is 0 Å². The normalized spacial score (nSPS) is 11.2. The van der Waals surface area contributed by atoms with Crippen molar-refractivity contribution >= 4 is 35.1 Å². The van der Waals surface area contributed by atoms with E-state index in [4.69, 9.17) is 27.9 Å². The molecule has 2 aromatic rings. The number of halogens is 2. The Morgan fingerprint density at radius 2 is 2.08 bits per heavy atom. The van der Waals surface area contributed by atoms with Gasteiger partial charge in [0.25, 0.3) is 5.56 Å². The molecule has 1 aromatic heterocycles. The molecule has 0 aliphatic heterocycles. The van der Waals surface area contributed by atoms with Gasteiger partial charge >= 0.3 is 5.69 Å².